The molecule has 0 radical (unpaired) electrons. The Morgan fingerprint density at radius 2 is 2.29 bits per heavy atom. The van der Waals surface area contributed by atoms with Gasteiger partial charge in [-0.3, -0.25) is 0 Å². The number of nitrogens with one attached hydrogen (secondary N) is 1. The number of piperidine rings is 1. The lowest BCUT2D eigenvalue weighted by molar-refractivity contribution is 0.294. The summed E-state index contributed by atoms with van der Waals surface area (Å²) in [5.74, 6) is 0.558. The maximum Gasteiger partial charge on any atom is 0.124 e. The predicted molar refractivity (Wildman–Crippen MR) is 69.9 cm³/mol. The summed E-state index contributed by atoms with van der Waals surface area (Å²) in [5.41, 5.74) is 1.04. The van der Waals surface area contributed by atoms with E-state index in [4.69, 9.17) is 11.6 Å². The van der Waals surface area contributed by atoms with Gasteiger partial charge >= 0.3 is 0 Å². The standard InChI is InChI=1S/C14H19ClFN/c1-2-10-5-6-17-13(7-10)8-11-3-4-12(16)9-14(11)15/h3-4,9-10,13,17H,2,5-8H2,1H3. The minimum Gasteiger partial charge on any atom is -0.314 e. The third kappa shape index (κ3) is 3.43. The van der Waals surface area contributed by atoms with E-state index in [0.29, 0.717) is 11.1 Å². The van der Waals surface area contributed by atoms with Gasteiger partial charge < -0.3 is 5.32 Å². The van der Waals surface area contributed by atoms with Gasteiger partial charge in [-0.15, -0.1) is 0 Å². The van der Waals surface area contributed by atoms with Crippen LogP contribution in [-0.2, 0) is 6.42 Å². The molecule has 1 aromatic rings. The van der Waals surface area contributed by atoms with Crippen LogP contribution < -0.4 is 5.32 Å². The molecule has 0 bridgehead atoms. The lowest BCUT2D eigenvalue weighted by atomic mass is 9.87. The molecule has 1 heterocycles. The van der Waals surface area contributed by atoms with Crippen molar-refractivity contribution in [2.24, 2.45) is 5.92 Å². The number of halogens is 2. The Labute approximate surface area is 107 Å². The van der Waals surface area contributed by atoms with Gasteiger partial charge in [0, 0.05) is 11.1 Å². The smallest absolute Gasteiger partial charge is 0.124 e. The van der Waals surface area contributed by atoms with Gasteiger partial charge in [0.25, 0.3) is 0 Å². The Morgan fingerprint density at radius 3 is 3.00 bits per heavy atom. The fourth-order valence-corrected chi connectivity index (χ4v) is 2.82. The molecular weight excluding hydrogens is 237 g/mol. The van der Waals surface area contributed by atoms with Crippen molar-refractivity contribution in [2.45, 2.75) is 38.6 Å². The Bertz CT molecular complexity index is 380. The van der Waals surface area contributed by atoms with Gasteiger partial charge in [0.15, 0.2) is 0 Å². The SMILES string of the molecule is CCC1CCNC(Cc2ccc(F)cc2Cl)C1. The van der Waals surface area contributed by atoms with Crippen LogP contribution in [0.2, 0.25) is 5.02 Å². The van der Waals surface area contributed by atoms with Crippen molar-refractivity contribution in [2.75, 3.05) is 6.54 Å². The molecule has 0 spiro atoms. The zero-order valence-electron chi connectivity index (χ0n) is 10.2. The summed E-state index contributed by atoms with van der Waals surface area (Å²) >= 11 is 6.05. The van der Waals surface area contributed by atoms with Crippen molar-refractivity contribution in [3.05, 3.63) is 34.6 Å². The molecule has 1 fully saturated rings. The van der Waals surface area contributed by atoms with Gasteiger partial charge in [-0.25, -0.2) is 4.39 Å². The van der Waals surface area contributed by atoms with E-state index in [1.807, 2.05) is 0 Å². The van der Waals surface area contributed by atoms with Crippen LogP contribution in [0.15, 0.2) is 18.2 Å². The third-order valence-corrected chi connectivity index (χ3v) is 4.01. The molecule has 0 amide bonds. The van der Waals surface area contributed by atoms with E-state index >= 15 is 0 Å². The highest BCUT2D eigenvalue weighted by Gasteiger charge is 2.20. The lowest BCUT2D eigenvalue weighted by Gasteiger charge is -2.30. The molecule has 17 heavy (non-hydrogen) atoms. The van der Waals surface area contributed by atoms with Crippen LogP contribution in [0.3, 0.4) is 0 Å². The average Bonchev–Trinajstić information content (AvgIpc) is 2.33. The first-order valence-electron chi connectivity index (χ1n) is 6.36. The number of hydrogen-bond donors (Lipinski definition) is 1. The molecule has 1 saturated heterocycles. The van der Waals surface area contributed by atoms with E-state index in [2.05, 4.69) is 12.2 Å². The highest BCUT2D eigenvalue weighted by molar-refractivity contribution is 6.31. The van der Waals surface area contributed by atoms with Gasteiger partial charge in [-0.1, -0.05) is 31.0 Å². The van der Waals surface area contributed by atoms with Crippen molar-refractivity contribution in [3.8, 4) is 0 Å². The van der Waals surface area contributed by atoms with Crippen LogP contribution in [-0.4, -0.2) is 12.6 Å². The molecule has 2 rings (SSSR count). The maximum atomic E-state index is 12.9. The zero-order valence-corrected chi connectivity index (χ0v) is 10.9. The highest BCUT2D eigenvalue weighted by Crippen LogP contribution is 2.24. The second-order valence-corrected chi connectivity index (χ2v) is 5.30. The minimum atomic E-state index is -0.262. The van der Waals surface area contributed by atoms with Crippen LogP contribution >= 0.6 is 11.6 Å². The second-order valence-electron chi connectivity index (χ2n) is 4.89. The normalized spacial score (nSPS) is 24.9. The van der Waals surface area contributed by atoms with Gasteiger partial charge in [-0.2, -0.15) is 0 Å². The van der Waals surface area contributed by atoms with E-state index in [1.54, 1.807) is 6.07 Å². The van der Waals surface area contributed by atoms with E-state index in [0.717, 1.165) is 24.4 Å². The molecule has 1 nitrogen and oxygen atoms in total. The van der Waals surface area contributed by atoms with Gasteiger partial charge in [0.2, 0.25) is 0 Å². The molecule has 2 atom stereocenters. The Balaban J connectivity index is 2.00. The molecule has 2 unspecified atom stereocenters. The summed E-state index contributed by atoms with van der Waals surface area (Å²) in [5, 5.41) is 4.07. The molecule has 0 aromatic heterocycles. The summed E-state index contributed by atoms with van der Waals surface area (Å²) in [6, 6.07) is 5.17. The third-order valence-electron chi connectivity index (χ3n) is 3.66. The molecule has 1 aliphatic heterocycles. The Hall–Kier alpha value is -0.600. The molecule has 3 heteroatoms. The van der Waals surface area contributed by atoms with Crippen molar-refractivity contribution in [3.63, 3.8) is 0 Å². The predicted octanol–water partition coefficient (Wildman–Crippen LogP) is 3.80. The van der Waals surface area contributed by atoms with E-state index in [9.17, 15) is 4.39 Å². The Kier molecular flexibility index (Phi) is 4.41. The van der Waals surface area contributed by atoms with E-state index in [-0.39, 0.29) is 5.82 Å². The molecule has 0 aliphatic carbocycles. The molecular formula is C14H19ClFN. The zero-order chi connectivity index (χ0) is 12.3. The van der Waals surface area contributed by atoms with Crippen molar-refractivity contribution >= 4 is 11.6 Å². The van der Waals surface area contributed by atoms with E-state index in [1.165, 1.54) is 31.4 Å². The minimum absolute atomic E-state index is 0.262. The molecule has 1 aliphatic rings. The monoisotopic (exact) mass is 255 g/mol. The summed E-state index contributed by atoms with van der Waals surface area (Å²) in [6.07, 6.45) is 4.61. The summed E-state index contributed by atoms with van der Waals surface area (Å²) in [4.78, 5) is 0. The summed E-state index contributed by atoms with van der Waals surface area (Å²) in [7, 11) is 0. The molecule has 94 valence electrons. The Morgan fingerprint density at radius 1 is 1.47 bits per heavy atom. The van der Waals surface area contributed by atoms with Gasteiger partial charge in [-0.05, 0) is 49.4 Å². The van der Waals surface area contributed by atoms with Crippen LogP contribution in [0, 0.1) is 11.7 Å². The fraction of sp³-hybridized carbons (Fsp3) is 0.571. The average molecular weight is 256 g/mol. The quantitative estimate of drug-likeness (QED) is 0.866. The number of benzene rings is 1. The van der Waals surface area contributed by atoms with Crippen LogP contribution in [0.25, 0.3) is 0 Å². The van der Waals surface area contributed by atoms with E-state index < -0.39 is 0 Å². The summed E-state index contributed by atoms with van der Waals surface area (Å²) in [6.45, 7) is 3.33. The van der Waals surface area contributed by atoms with Crippen LogP contribution in [0.4, 0.5) is 4.39 Å². The number of rotatable bonds is 3. The maximum absolute atomic E-state index is 12.9. The largest absolute Gasteiger partial charge is 0.314 e. The molecule has 1 N–H and O–H groups in total. The molecule has 0 saturated carbocycles. The number of hydrogen-bond acceptors (Lipinski definition) is 1. The highest BCUT2D eigenvalue weighted by atomic mass is 35.5. The van der Waals surface area contributed by atoms with Crippen LogP contribution in [0.1, 0.15) is 31.7 Å². The van der Waals surface area contributed by atoms with Crippen LogP contribution in [0.5, 0.6) is 0 Å². The first-order valence-corrected chi connectivity index (χ1v) is 6.74. The lowest BCUT2D eigenvalue weighted by Crippen LogP contribution is -2.39. The topological polar surface area (TPSA) is 12.0 Å². The molecule has 1 aromatic carbocycles. The second kappa shape index (κ2) is 5.83. The van der Waals surface area contributed by atoms with Crippen molar-refractivity contribution in [1.29, 1.82) is 0 Å². The first kappa shape index (κ1) is 12.8. The first-order chi connectivity index (χ1) is 8.19. The summed E-state index contributed by atoms with van der Waals surface area (Å²) < 4.78 is 12.9. The van der Waals surface area contributed by atoms with Crippen molar-refractivity contribution in [1.82, 2.24) is 5.32 Å². The van der Waals surface area contributed by atoms with Gasteiger partial charge in [0.05, 0.1) is 0 Å². The van der Waals surface area contributed by atoms with Crippen molar-refractivity contribution < 1.29 is 4.39 Å². The fourth-order valence-electron chi connectivity index (χ4n) is 2.57. The van der Waals surface area contributed by atoms with Gasteiger partial charge in [0.1, 0.15) is 5.82 Å².